The number of carbonyl (C=O) groups excluding carboxylic acids is 2. The lowest BCUT2D eigenvalue weighted by molar-refractivity contribution is -0.126. The van der Waals surface area contributed by atoms with E-state index >= 15 is 0 Å². The summed E-state index contributed by atoms with van der Waals surface area (Å²) in [5, 5.41) is 0.998. The van der Waals surface area contributed by atoms with Crippen molar-refractivity contribution in [1.29, 1.82) is 0 Å². The highest BCUT2D eigenvalue weighted by Gasteiger charge is 2.45. The van der Waals surface area contributed by atoms with Crippen molar-refractivity contribution in [1.82, 2.24) is 0 Å². The van der Waals surface area contributed by atoms with Gasteiger partial charge in [0.15, 0.2) is 5.78 Å². The SMILES string of the molecule is O=C1CCC[C@]2(C1)CC(=O)c1sc3ccccc3c1O2. The summed E-state index contributed by atoms with van der Waals surface area (Å²) in [7, 11) is 0. The van der Waals surface area contributed by atoms with Gasteiger partial charge in [-0.2, -0.15) is 0 Å². The molecule has 0 bridgehead atoms. The number of carbonyl (C=O) groups is 2. The Morgan fingerprint density at radius 2 is 2.00 bits per heavy atom. The van der Waals surface area contributed by atoms with Gasteiger partial charge in [-0.15, -0.1) is 11.3 Å². The molecule has 4 heteroatoms. The first kappa shape index (κ1) is 12.1. The molecule has 1 aromatic carbocycles. The van der Waals surface area contributed by atoms with Gasteiger partial charge in [0.1, 0.15) is 22.0 Å². The first-order chi connectivity index (χ1) is 9.67. The topological polar surface area (TPSA) is 43.4 Å². The highest BCUT2D eigenvalue weighted by atomic mass is 32.1. The smallest absolute Gasteiger partial charge is 0.180 e. The van der Waals surface area contributed by atoms with Gasteiger partial charge >= 0.3 is 0 Å². The zero-order valence-corrected chi connectivity index (χ0v) is 11.8. The minimum atomic E-state index is -0.580. The van der Waals surface area contributed by atoms with Crippen molar-refractivity contribution in [3.05, 3.63) is 29.1 Å². The molecule has 1 fully saturated rings. The van der Waals surface area contributed by atoms with E-state index in [1.165, 1.54) is 11.3 Å². The highest BCUT2D eigenvalue weighted by molar-refractivity contribution is 7.21. The predicted molar refractivity (Wildman–Crippen MR) is 77.6 cm³/mol. The molecule has 2 aliphatic rings. The zero-order valence-electron chi connectivity index (χ0n) is 11.0. The molecule has 1 atom stereocenters. The Hall–Kier alpha value is -1.68. The molecule has 0 unspecified atom stereocenters. The van der Waals surface area contributed by atoms with Crippen molar-refractivity contribution in [2.45, 2.75) is 37.7 Å². The van der Waals surface area contributed by atoms with E-state index < -0.39 is 5.60 Å². The number of hydrogen-bond acceptors (Lipinski definition) is 4. The van der Waals surface area contributed by atoms with Gasteiger partial charge < -0.3 is 4.74 Å². The van der Waals surface area contributed by atoms with Crippen LogP contribution in [0, 0.1) is 0 Å². The van der Waals surface area contributed by atoms with Gasteiger partial charge in [0.2, 0.25) is 0 Å². The summed E-state index contributed by atoms with van der Waals surface area (Å²) >= 11 is 1.50. The largest absolute Gasteiger partial charge is 0.484 e. The van der Waals surface area contributed by atoms with Crippen LogP contribution in [0.3, 0.4) is 0 Å². The normalized spacial score (nSPS) is 25.8. The van der Waals surface area contributed by atoms with Crippen LogP contribution in [0.5, 0.6) is 5.75 Å². The Morgan fingerprint density at radius 3 is 2.85 bits per heavy atom. The van der Waals surface area contributed by atoms with E-state index in [1.807, 2.05) is 24.3 Å². The summed E-state index contributed by atoms with van der Waals surface area (Å²) in [4.78, 5) is 24.9. The van der Waals surface area contributed by atoms with Gasteiger partial charge in [0.25, 0.3) is 0 Å². The maximum absolute atomic E-state index is 12.5. The van der Waals surface area contributed by atoms with Crippen LogP contribution < -0.4 is 4.74 Å². The fourth-order valence-electron chi connectivity index (χ4n) is 3.31. The van der Waals surface area contributed by atoms with Crippen LogP contribution in [0.4, 0.5) is 0 Å². The van der Waals surface area contributed by atoms with Gasteiger partial charge in [0.05, 0.1) is 6.42 Å². The van der Waals surface area contributed by atoms with Crippen molar-refractivity contribution < 1.29 is 14.3 Å². The number of ketones is 2. The van der Waals surface area contributed by atoms with Crippen LogP contribution in [-0.4, -0.2) is 17.2 Å². The van der Waals surface area contributed by atoms with Crippen LogP contribution in [0.2, 0.25) is 0 Å². The summed E-state index contributed by atoms with van der Waals surface area (Å²) in [5.41, 5.74) is -0.580. The van der Waals surface area contributed by atoms with Gasteiger partial charge in [0, 0.05) is 22.9 Å². The molecule has 1 saturated carbocycles. The molecule has 2 heterocycles. The molecule has 1 spiro atoms. The number of benzene rings is 1. The average Bonchev–Trinajstić information content (AvgIpc) is 2.78. The van der Waals surface area contributed by atoms with E-state index in [0.29, 0.717) is 25.0 Å². The summed E-state index contributed by atoms with van der Waals surface area (Å²) < 4.78 is 7.30. The standard InChI is InChI=1S/C16H14O3S/c17-10-4-3-7-16(8-10)9-12(18)15-14(19-16)11-5-1-2-6-13(11)20-15/h1-2,5-6H,3-4,7-9H2/t16-/m0/s1. The third-order valence-corrected chi connectivity index (χ3v) is 5.40. The van der Waals surface area contributed by atoms with E-state index in [0.717, 1.165) is 27.8 Å². The maximum Gasteiger partial charge on any atom is 0.180 e. The quantitative estimate of drug-likeness (QED) is 0.741. The van der Waals surface area contributed by atoms with Crippen LogP contribution in [-0.2, 0) is 4.79 Å². The molecule has 1 aliphatic heterocycles. The molecule has 102 valence electrons. The molecule has 20 heavy (non-hydrogen) atoms. The van der Waals surface area contributed by atoms with Crippen molar-refractivity contribution in [3.63, 3.8) is 0 Å². The van der Waals surface area contributed by atoms with E-state index in [2.05, 4.69) is 0 Å². The molecule has 2 aromatic rings. The number of hydrogen-bond donors (Lipinski definition) is 0. The summed E-state index contributed by atoms with van der Waals surface area (Å²) in [6.45, 7) is 0. The summed E-state index contributed by atoms with van der Waals surface area (Å²) in [6, 6.07) is 7.92. The first-order valence-electron chi connectivity index (χ1n) is 6.92. The van der Waals surface area contributed by atoms with E-state index in [4.69, 9.17) is 4.74 Å². The second-order valence-corrected chi connectivity index (χ2v) is 6.76. The van der Waals surface area contributed by atoms with Gasteiger partial charge in [-0.05, 0) is 25.0 Å². The Bertz CT molecular complexity index is 730. The highest BCUT2D eigenvalue weighted by Crippen LogP contribution is 2.47. The van der Waals surface area contributed by atoms with Crippen molar-refractivity contribution in [2.75, 3.05) is 0 Å². The zero-order chi connectivity index (χ0) is 13.7. The van der Waals surface area contributed by atoms with Crippen molar-refractivity contribution in [2.24, 2.45) is 0 Å². The summed E-state index contributed by atoms with van der Waals surface area (Å²) in [5.74, 6) is 1.05. The number of rotatable bonds is 0. The fraction of sp³-hybridized carbons (Fsp3) is 0.375. The lowest BCUT2D eigenvalue weighted by Crippen LogP contribution is -2.45. The third kappa shape index (κ3) is 1.71. The van der Waals surface area contributed by atoms with Crippen molar-refractivity contribution in [3.8, 4) is 5.75 Å². The number of Topliss-reactive ketones (excluding diaryl/α,β-unsaturated/α-hetero) is 2. The molecule has 0 radical (unpaired) electrons. The van der Waals surface area contributed by atoms with Crippen LogP contribution in [0.15, 0.2) is 24.3 Å². The maximum atomic E-state index is 12.5. The monoisotopic (exact) mass is 286 g/mol. The predicted octanol–water partition coefficient (Wildman–Crippen LogP) is 3.75. The van der Waals surface area contributed by atoms with Crippen LogP contribution in [0.1, 0.15) is 41.8 Å². The number of ether oxygens (including phenoxy) is 1. The third-order valence-electron chi connectivity index (χ3n) is 4.21. The molecular weight excluding hydrogens is 272 g/mol. The van der Waals surface area contributed by atoms with Gasteiger partial charge in [-0.3, -0.25) is 9.59 Å². The first-order valence-corrected chi connectivity index (χ1v) is 7.74. The molecule has 1 aromatic heterocycles. The average molecular weight is 286 g/mol. The lowest BCUT2D eigenvalue weighted by atomic mass is 9.79. The number of fused-ring (bicyclic) bond motifs is 3. The number of thiophene rings is 1. The molecule has 0 saturated heterocycles. The molecule has 1 aliphatic carbocycles. The second-order valence-electron chi connectivity index (χ2n) is 5.71. The van der Waals surface area contributed by atoms with Gasteiger partial charge in [-0.1, -0.05) is 12.1 Å². The molecule has 0 N–H and O–H groups in total. The van der Waals surface area contributed by atoms with E-state index in [-0.39, 0.29) is 11.6 Å². The lowest BCUT2D eigenvalue weighted by Gasteiger charge is -2.39. The van der Waals surface area contributed by atoms with Gasteiger partial charge in [-0.25, -0.2) is 0 Å². The Labute approximate surface area is 120 Å². The Balaban J connectivity index is 1.85. The van der Waals surface area contributed by atoms with Crippen LogP contribution in [0.25, 0.3) is 10.1 Å². The second kappa shape index (κ2) is 4.16. The van der Waals surface area contributed by atoms with Crippen molar-refractivity contribution >= 4 is 33.0 Å². The Morgan fingerprint density at radius 1 is 1.15 bits per heavy atom. The molecule has 4 rings (SSSR count). The van der Waals surface area contributed by atoms with E-state index in [9.17, 15) is 9.59 Å². The van der Waals surface area contributed by atoms with Crippen LogP contribution >= 0.6 is 11.3 Å². The molecule has 0 amide bonds. The Kier molecular flexibility index (Phi) is 2.51. The van der Waals surface area contributed by atoms with E-state index in [1.54, 1.807) is 0 Å². The minimum absolute atomic E-state index is 0.127. The molecular formula is C16H14O3S. The minimum Gasteiger partial charge on any atom is -0.484 e. The summed E-state index contributed by atoms with van der Waals surface area (Å²) in [6.07, 6.45) is 2.97. The molecule has 3 nitrogen and oxygen atoms in total. The fourth-order valence-corrected chi connectivity index (χ4v) is 4.38.